The minimum Gasteiger partial charge on any atom is -0.359 e. The van der Waals surface area contributed by atoms with Crippen LogP contribution in [0.2, 0.25) is 0 Å². The van der Waals surface area contributed by atoms with E-state index in [9.17, 15) is 4.79 Å². The molecule has 7 nitrogen and oxygen atoms in total. The number of carbonyl (C=O) groups is 1. The summed E-state index contributed by atoms with van der Waals surface area (Å²) in [7, 11) is 2.11. The number of nitrogens with zero attached hydrogens (tertiary/aromatic N) is 4. The molecule has 0 atom stereocenters. The maximum Gasteiger partial charge on any atom is 0.231 e. The Morgan fingerprint density at radius 1 is 1.20 bits per heavy atom. The van der Waals surface area contributed by atoms with Gasteiger partial charge in [-0.2, -0.15) is 0 Å². The van der Waals surface area contributed by atoms with Gasteiger partial charge in [0.15, 0.2) is 5.82 Å². The van der Waals surface area contributed by atoms with Crippen LogP contribution in [0, 0.1) is 0 Å². The van der Waals surface area contributed by atoms with E-state index in [1.807, 2.05) is 39.0 Å². The Hall–Kier alpha value is -2.93. The van der Waals surface area contributed by atoms with Crippen molar-refractivity contribution in [1.29, 1.82) is 0 Å². The highest BCUT2D eigenvalue weighted by Gasteiger charge is 2.24. The van der Waals surface area contributed by atoms with Gasteiger partial charge in [0.25, 0.3) is 0 Å². The molecule has 0 fully saturated rings. The molecule has 2 aromatic heterocycles. The fourth-order valence-electron chi connectivity index (χ4n) is 3.76. The summed E-state index contributed by atoms with van der Waals surface area (Å²) in [5.41, 5.74) is 2.84. The van der Waals surface area contributed by atoms with Crippen LogP contribution in [0.5, 0.6) is 0 Å². The van der Waals surface area contributed by atoms with Crippen LogP contribution in [0.25, 0.3) is 11.4 Å². The monoisotopic (exact) mass is 407 g/mol. The molecule has 0 radical (unpaired) electrons. The summed E-state index contributed by atoms with van der Waals surface area (Å²) in [4.78, 5) is 20.0. The predicted octanol–water partition coefficient (Wildman–Crippen LogP) is 3.85. The lowest BCUT2D eigenvalue weighted by atomic mass is 9.93. The van der Waals surface area contributed by atoms with Gasteiger partial charge in [-0.1, -0.05) is 56.3 Å². The molecule has 0 bridgehead atoms. The third-order valence-electron chi connectivity index (χ3n) is 5.37. The van der Waals surface area contributed by atoms with Gasteiger partial charge < -0.3 is 19.3 Å². The van der Waals surface area contributed by atoms with E-state index in [2.05, 4.69) is 39.1 Å². The fraction of sp³-hybridized carbons (Fsp3) is 0.435. The van der Waals surface area contributed by atoms with E-state index in [0.29, 0.717) is 5.82 Å². The number of benzene rings is 1. The second-order valence-corrected chi connectivity index (χ2v) is 8.99. The molecule has 30 heavy (non-hydrogen) atoms. The van der Waals surface area contributed by atoms with Gasteiger partial charge in [-0.25, -0.2) is 4.98 Å². The number of hydrogen-bond acceptors (Lipinski definition) is 5. The van der Waals surface area contributed by atoms with Crippen LogP contribution < -0.4 is 5.32 Å². The van der Waals surface area contributed by atoms with E-state index >= 15 is 0 Å². The molecule has 158 valence electrons. The third kappa shape index (κ3) is 4.31. The van der Waals surface area contributed by atoms with Gasteiger partial charge in [0.1, 0.15) is 11.6 Å². The van der Waals surface area contributed by atoms with E-state index in [1.165, 1.54) is 0 Å². The Morgan fingerprint density at radius 3 is 2.67 bits per heavy atom. The summed E-state index contributed by atoms with van der Waals surface area (Å²) in [5.74, 6) is 1.97. The quantitative estimate of drug-likeness (QED) is 0.711. The van der Waals surface area contributed by atoms with Crippen LogP contribution in [-0.2, 0) is 29.7 Å². The molecular weight excluding hydrogens is 378 g/mol. The normalized spacial score (nSPS) is 14.9. The number of imidazole rings is 1. The van der Waals surface area contributed by atoms with Crippen molar-refractivity contribution in [2.45, 2.75) is 52.1 Å². The molecular formula is C23H29N5O2. The molecule has 0 unspecified atom stereocenters. The summed E-state index contributed by atoms with van der Waals surface area (Å²) in [5, 5.41) is 6.85. The molecule has 0 saturated heterocycles. The standard InChI is InChI=1S/C23H29N5O2/c1-23(2,3)19-14-20(26-30-19)25-21(29)13-17-18-15-27(4)11-8-12-28(18)22(24-17)16-9-6-5-7-10-16/h5-7,9-10,14H,8,11-13,15H2,1-4H3,(H,25,26,29). The zero-order chi connectivity index (χ0) is 21.3. The van der Waals surface area contributed by atoms with E-state index in [-0.39, 0.29) is 17.7 Å². The first-order valence-electron chi connectivity index (χ1n) is 10.4. The van der Waals surface area contributed by atoms with Crippen LogP contribution in [0.3, 0.4) is 0 Å². The highest BCUT2D eigenvalue weighted by atomic mass is 16.5. The first-order chi connectivity index (χ1) is 14.3. The highest BCUT2D eigenvalue weighted by Crippen LogP contribution is 2.27. The summed E-state index contributed by atoms with van der Waals surface area (Å²) in [6, 6.07) is 12.0. The molecule has 3 heterocycles. The van der Waals surface area contributed by atoms with Gasteiger partial charge in [-0.05, 0) is 20.0 Å². The Kier molecular flexibility index (Phi) is 5.47. The molecule has 0 aliphatic carbocycles. The maximum atomic E-state index is 12.8. The van der Waals surface area contributed by atoms with Crippen molar-refractivity contribution in [1.82, 2.24) is 19.6 Å². The van der Waals surface area contributed by atoms with Crippen molar-refractivity contribution < 1.29 is 9.32 Å². The van der Waals surface area contributed by atoms with Gasteiger partial charge in [-0.15, -0.1) is 0 Å². The van der Waals surface area contributed by atoms with E-state index in [4.69, 9.17) is 9.51 Å². The molecule has 1 N–H and O–H groups in total. The molecule has 1 amide bonds. The third-order valence-corrected chi connectivity index (χ3v) is 5.37. The molecule has 0 saturated carbocycles. The van der Waals surface area contributed by atoms with E-state index in [0.717, 1.165) is 54.6 Å². The minimum absolute atomic E-state index is 0.142. The number of anilines is 1. The summed E-state index contributed by atoms with van der Waals surface area (Å²) >= 11 is 0. The summed E-state index contributed by atoms with van der Waals surface area (Å²) < 4.78 is 7.65. The Bertz CT molecular complexity index is 1030. The summed E-state index contributed by atoms with van der Waals surface area (Å²) in [6.45, 7) is 8.83. The van der Waals surface area contributed by atoms with Gasteiger partial charge in [0.2, 0.25) is 5.91 Å². The van der Waals surface area contributed by atoms with Crippen molar-refractivity contribution >= 4 is 11.7 Å². The van der Waals surface area contributed by atoms with Crippen molar-refractivity contribution in [3.8, 4) is 11.4 Å². The fourth-order valence-corrected chi connectivity index (χ4v) is 3.76. The molecule has 1 aliphatic heterocycles. The van der Waals surface area contributed by atoms with Crippen molar-refractivity contribution in [3.63, 3.8) is 0 Å². The second kappa shape index (κ2) is 8.07. The second-order valence-electron chi connectivity index (χ2n) is 8.99. The van der Waals surface area contributed by atoms with Crippen molar-refractivity contribution in [2.75, 3.05) is 18.9 Å². The predicted molar refractivity (Wildman–Crippen MR) is 116 cm³/mol. The largest absolute Gasteiger partial charge is 0.359 e. The first kappa shape index (κ1) is 20.3. The number of rotatable bonds is 4. The van der Waals surface area contributed by atoms with Crippen LogP contribution >= 0.6 is 0 Å². The van der Waals surface area contributed by atoms with Crippen molar-refractivity contribution in [3.05, 3.63) is 53.5 Å². The average Bonchev–Trinajstić information content (AvgIpc) is 3.23. The number of amides is 1. The zero-order valence-corrected chi connectivity index (χ0v) is 18.1. The maximum absolute atomic E-state index is 12.8. The molecule has 7 heteroatoms. The lowest BCUT2D eigenvalue weighted by Gasteiger charge is -2.13. The average molecular weight is 408 g/mol. The van der Waals surface area contributed by atoms with E-state index < -0.39 is 0 Å². The van der Waals surface area contributed by atoms with Crippen molar-refractivity contribution in [2.24, 2.45) is 0 Å². The van der Waals surface area contributed by atoms with Crippen LogP contribution in [0.1, 0.15) is 44.3 Å². The molecule has 3 aromatic rings. The van der Waals surface area contributed by atoms with Crippen LogP contribution in [0.15, 0.2) is 40.9 Å². The van der Waals surface area contributed by atoms with Crippen LogP contribution in [0.4, 0.5) is 5.82 Å². The lowest BCUT2D eigenvalue weighted by Crippen LogP contribution is -2.20. The highest BCUT2D eigenvalue weighted by molar-refractivity contribution is 5.91. The first-order valence-corrected chi connectivity index (χ1v) is 10.4. The number of hydrogen-bond donors (Lipinski definition) is 1. The molecule has 0 spiro atoms. The lowest BCUT2D eigenvalue weighted by molar-refractivity contribution is -0.115. The Morgan fingerprint density at radius 2 is 1.97 bits per heavy atom. The molecule has 1 aromatic carbocycles. The Balaban J connectivity index is 1.60. The number of fused-ring (bicyclic) bond motifs is 1. The topological polar surface area (TPSA) is 76.2 Å². The smallest absolute Gasteiger partial charge is 0.231 e. The van der Waals surface area contributed by atoms with Gasteiger partial charge in [0, 0.05) is 30.1 Å². The number of aromatic nitrogens is 3. The van der Waals surface area contributed by atoms with Gasteiger partial charge >= 0.3 is 0 Å². The summed E-state index contributed by atoms with van der Waals surface area (Å²) in [6.07, 6.45) is 1.26. The Labute approximate surface area is 177 Å². The number of carbonyl (C=O) groups excluding carboxylic acids is 1. The molecule has 4 rings (SSSR count). The van der Waals surface area contributed by atoms with Gasteiger partial charge in [-0.3, -0.25) is 4.79 Å². The zero-order valence-electron chi connectivity index (χ0n) is 18.1. The van der Waals surface area contributed by atoms with E-state index in [1.54, 1.807) is 6.07 Å². The van der Waals surface area contributed by atoms with Crippen LogP contribution in [-0.4, -0.2) is 39.1 Å². The van der Waals surface area contributed by atoms with Gasteiger partial charge in [0.05, 0.1) is 17.8 Å². The SMILES string of the molecule is CN1CCCn2c(-c3ccccc3)nc(CC(=O)Nc3cc(C(C)(C)C)on3)c2C1. The minimum atomic E-state index is -0.160. The number of nitrogens with one attached hydrogen (secondary N) is 1. The molecule has 1 aliphatic rings.